The number of carboxylic acid groups (broad SMARTS) is 1. The topological polar surface area (TPSA) is 72.5 Å². The number of carbonyl (C=O) groups is 1. The maximum Gasteiger partial charge on any atom is 0.337 e. The first-order valence-corrected chi connectivity index (χ1v) is 7.40. The summed E-state index contributed by atoms with van der Waals surface area (Å²) in [5.41, 5.74) is 5.95. The smallest absolute Gasteiger partial charge is 0.337 e. The first-order chi connectivity index (χ1) is 9.65. The van der Waals surface area contributed by atoms with E-state index in [9.17, 15) is 4.79 Å². The molecule has 0 saturated heterocycles. The molecular formula is C16H25NO3. The lowest BCUT2D eigenvalue weighted by atomic mass is 10.1. The maximum absolute atomic E-state index is 10.9. The summed E-state index contributed by atoms with van der Waals surface area (Å²) in [6.45, 7) is 2.84. The van der Waals surface area contributed by atoms with Crippen LogP contribution in [0, 0.1) is 0 Å². The van der Waals surface area contributed by atoms with Crippen molar-refractivity contribution in [2.75, 3.05) is 12.3 Å². The zero-order valence-electron chi connectivity index (χ0n) is 12.2. The molecule has 0 heterocycles. The van der Waals surface area contributed by atoms with Crippen molar-refractivity contribution in [3.05, 3.63) is 23.8 Å². The zero-order valence-corrected chi connectivity index (χ0v) is 12.2. The Hall–Kier alpha value is -1.71. The average molecular weight is 279 g/mol. The summed E-state index contributed by atoms with van der Waals surface area (Å²) < 4.78 is 5.56. The number of hydrogen-bond acceptors (Lipinski definition) is 3. The lowest BCUT2D eigenvalue weighted by Gasteiger charge is -2.08. The number of benzene rings is 1. The Morgan fingerprint density at radius 3 is 2.45 bits per heavy atom. The van der Waals surface area contributed by atoms with Gasteiger partial charge >= 0.3 is 5.97 Å². The number of unbranched alkanes of at least 4 members (excludes halogenated alkanes) is 6. The number of ether oxygens (including phenoxy) is 1. The highest BCUT2D eigenvalue weighted by Gasteiger charge is 2.08. The second-order valence-electron chi connectivity index (χ2n) is 5.02. The molecular weight excluding hydrogens is 254 g/mol. The predicted octanol–water partition coefficient (Wildman–Crippen LogP) is 4.10. The van der Waals surface area contributed by atoms with Crippen molar-refractivity contribution >= 4 is 11.7 Å². The summed E-state index contributed by atoms with van der Waals surface area (Å²) in [5, 5.41) is 8.97. The molecule has 0 aliphatic carbocycles. The van der Waals surface area contributed by atoms with Crippen molar-refractivity contribution in [2.24, 2.45) is 0 Å². The zero-order chi connectivity index (χ0) is 14.8. The van der Waals surface area contributed by atoms with Gasteiger partial charge in [-0.2, -0.15) is 0 Å². The third-order valence-corrected chi connectivity index (χ3v) is 3.27. The monoisotopic (exact) mass is 279 g/mol. The fourth-order valence-electron chi connectivity index (χ4n) is 2.06. The van der Waals surface area contributed by atoms with Gasteiger partial charge in [-0.25, -0.2) is 4.79 Å². The highest BCUT2D eigenvalue weighted by Crippen LogP contribution is 2.20. The molecule has 0 unspecified atom stereocenters. The van der Waals surface area contributed by atoms with Crippen LogP contribution in [0.5, 0.6) is 5.75 Å². The van der Waals surface area contributed by atoms with Crippen LogP contribution in [0.2, 0.25) is 0 Å². The Morgan fingerprint density at radius 1 is 1.15 bits per heavy atom. The summed E-state index contributed by atoms with van der Waals surface area (Å²) in [5.74, 6) is -0.452. The third-order valence-electron chi connectivity index (χ3n) is 3.27. The Morgan fingerprint density at radius 2 is 1.80 bits per heavy atom. The first-order valence-electron chi connectivity index (χ1n) is 7.40. The highest BCUT2D eigenvalue weighted by atomic mass is 16.5. The van der Waals surface area contributed by atoms with Crippen molar-refractivity contribution in [1.82, 2.24) is 0 Å². The number of anilines is 1. The van der Waals surface area contributed by atoms with Crippen LogP contribution < -0.4 is 10.5 Å². The van der Waals surface area contributed by atoms with E-state index < -0.39 is 5.97 Å². The van der Waals surface area contributed by atoms with E-state index >= 15 is 0 Å². The van der Waals surface area contributed by atoms with Gasteiger partial charge in [-0.3, -0.25) is 0 Å². The maximum atomic E-state index is 10.9. The highest BCUT2D eigenvalue weighted by molar-refractivity contribution is 5.94. The first kappa shape index (κ1) is 16.3. The molecule has 4 nitrogen and oxygen atoms in total. The summed E-state index contributed by atoms with van der Waals surface area (Å²) in [7, 11) is 0. The van der Waals surface area contributed by atoms with Gasteiger partial charge in [-0.05, 0) is 24.6 Å². The van der Waals surface area contributed by atoms with Gasteiger partial charge in [-0.15, -0.1) is 0 Å². The van der Waals surface area contributed by atoms with Gasteiger partial charge in [0.25, 0.3) is 0 Å². The van der Waals surface area contributed by atoms with Crippen molar-refractivity contribution in [2.45, 2.75) is 51.9 Å². The van der Waals surface area contributed by atoms with Crippen LogP contribution in [0.15, 0.2) is 18.2 Å². The van der Waals surface area contributed by atoms with Crippen LogP contribution in [-0.4, -0.2) is 17.7 Å². The molecule has 4 heteroatoms. The minimum Gasteiger partial charge on any atom is -0.494 e. The van der Waals surface area contributed by atoms with E-state index in [4.69, 9.17) is 15.6 Å². The molecule has 1 aromatic rings. The van der Waals surface area contributed by atoms with Gasteiger partial charge in [-0.1, -0.05) is 45.4 Å². The van der Waals surface area contributed by atoms with Crippen LogP contribution in [0.4, 0.5) is 5.69 Å². The van der Waals surface area contributed by atoms with Crippen LogP contribution in [0.1, 0.15) is 62.2 Å². The molecule has 1 rings (SSSR count). The van der Waals surface area contributed by atoms with E-state index in [1.54, 1.807) is 12.1 Å². The molecule has 0 bridgehead atoms. The number of carboxylic acids is 1. The van der Waals surface area contributed by atoms with Gasteiger partial charge in [0.1, 0.15) is 5.75 Å². The summed E-state index contributed by atoms with van der Waals surface area (Å²) >= 11 is 0. The Bertz CT molecular complexity index is 418. The van der Waals surface area contributed by atoms with E-state index in [0.717, 1.165) is 12.8 Å². The molecule has 0 radical (unpaired) electrons. The lowest BCUT2D eigenvalue weighted by molar-refractivity contribution is 0.0697. The van der Waals surface area contributed by atoms with Crippen LogP contribution in [0.3, 0.4) is 0 Å². The SMILES string of the molecule is CCCCCCCCCOc1ccc(N)c(C(=O)O)c1. The Balaban J connectivity index is 2.22. The van der Waals surface area contributed by atoms with Crippen LogP contribution in [0.25, 0.3) is 0 Å². The average Bonchev–Trinajstić information content (AvgIpc) is 2.43. The summed E-state index contributed by atoms with van der Waals surface area (Å²) in [6.07, 6.45) is 8.59. The van der Waals surface area contributed by atoms with Crippen LogP contribution in [-0.2, 0) is 0 Å². The number of hydrogen-bond donors (Lipinski definition) is 2. The molecule has 20 heavy (non-hydrogen) atoms. The molecule has 0 saturated carbocycles. The molecule has 0 spiro atoms. The van der Waals surface area contributed by atoms with Crippen molar-refractivity contribution in [3.8, 4) is 5.75 Å². The molecule has 0 amide bonds. The minimum atomic E-state index is -1.02. The van der Waals surface area contributed by atoms with Gasteiger partial charge in [0.05, 0.1) is 12.2 Å². The molecule has 0 fully saturated rings. The van der Waals surface area contributed by atoms with Gasteiger partial charge in [0.2, 0.25) is 0 Å². The minimum absolute atomic E-state index is 0.0991. The van der Waals surface area contributed by atoms with Crippen molar-refractivity contribution in [3.63, 3.8) is 0 Å². The van der Waals surface area contributed by atoms with E-state index in [2.05, 4.69) is 6.92 Å². The second-order valence-corrected chi connectivity index (χ2v) is 5.02. The molecule has 3 N–H and O–H groups in total. The Kier molecular flexibility index (Phi) is 7.55. The number of nitrogen functional groups attached to an aromatic ring is 1. The van der Waals surface area contributed by atoms with E-state index in [0.29, 0.717) is 12.4 Å². The van der Waals surface area contributed by atoms with Crippen molar-refractivity contribution in [1.29, 1.82) is 0 Å². The quantitative estimate of drug-likeness (QED) is 0.499. The molecule has 0 aliphatic heterocycles. The third kappa shape index (κ3) is 5.95. The number of aromatic carboxylic acids is 1. The lowest BCUT2D eigenvalue weighted by Crippen LogP contribution is -2.04. The van der Waals surface area contributed by atoms with Gasteiger partial charge in [0, 0.05) is 5.69 Å². The largest absolute Gasteiger partial charge is 0.494 e. The standard InChI is InChI=1S/C16H25NO3/c1-2-3-4-5-6-7-8-11-20-13-9-10-15(17)14(12-13)16(18)19/h9-10,12H,2-8,11,17H2,1H3,(H,18,19). The van der Waals surface area contributed by atoms with Crippen LogP contribution >= 0.6 is 0 Å². The molecule has 112 valence electrons. The predicted molar refractivity (Wildman–Crippen MR) is 81.3 cm³/mol. The number of nitrogens with two attached hydrogens (primary N) is 1. The van der Waals surface area contributed by atoms with Gasteiger partial charge in [0.15, 0.2) is 0 Å². The van der Waals surface area contributed by atoms with Gasteiger partial charge < -0.3 is 15.6 Å². The second kappa shape index (κ2) is 9.23. The fourth-order valence-corrected chi connectivity index (χ4v) is 2.06. The summed E-state index contributed by atoms with van der Waals surface area (Å²) in [6, 6.07) is 4.77. The van der Waals surface area contributed by atoms with E-state index in [1.165, 1.54) is 38.2 Å². The molecule has 0 atom stereocenters. The van der Waals surface area contributed by atoms with E-state index in [-0.39, 0.29) is 11.3 Å². The molecule has 0 aromatic heterocycles. The number of rotatable bonds is 10. The molecule has 0 aliphatic rings. The fraction of sp³-hybridized carbons (Fsp3) is 0.562. The summed E-state index contributed by atoms with van der Waals surface area (Å²) in [4.78, 5) is 10.9. The normalized spacial score (nSPS) is 10.4. The van der Waals surface area contributed by atoms with E-state index in [1.807, 2.05) is 0 Å². The Labute approximate surface area is 120 Å². The van der Waals surface area contributed by atoms with Crippen molar-refractivity contribution < 1.29 is 14.6 Å². The molecule has 1 aromatic carbocycles.